The predicted molar refractivity (Wildman–Crippen MR) is 106 cm³/mol. The van der Waals surface area contributed by atoms with E-state index in [1.165, 1.54) is 12.1 Å². The highest BCUT2D eigenvalue weighted by molar-refractivity contribution is 7.89. The molecular weight excluding hydrogens is 376 g/mol. The molecule has 0 radical (unpaired) electrons. The monoisotopic (exact) mass is 400 g/mol. The fourth-order valence-corrected chi connectivity index (χ4v) is 4.41. The Morgan fingerprint density at radius 2 is 1.61 bits per heavy atom. The lowest BCUT2D eigenvalue weighted by atomic mass is 9.99. The normalized spacial score (nSPS) is 15.4. The van der Waals surface area contributed by atoms with Gasteiger partial charge in [-0.1, -0.05) is 49.4 Å². The van der Waals surface area contributed by atoms with Gasteiger partial charge in [-0.2, -0.15) is 0 Å². The summed E-state index contributed by atoms with van der Waals surface area (Å²) in [7, 11) is -4.01. The summed E-state index contributed by atoms with van der Waals surface area (Å²) in [4.78, 5) is 26.7. The maximum Gasteiger partial charge on any atom is 0.241 e. The van der Waals surface area contributed by atoms with Gasteiger partial charge in [0.25, 0.3) is 0 Å². The zero-order valence-corrected chi connectivity index (χ0v) is 16.6. The fourth-order valence-electron chi connectivity index (χ4n) is 3.24. The standard InChI is InChI=1S/C21H24N2O4S/c1-16-11-13-23(14-12-16)20(24)15-22-28(26,27)19-10-6-5-9-18(19)21(25)17-7-3-2-4-8-17/h2-10,16,22H,11-15H2,1H3. The van der Waals surface area contributed by atoms with E-state index in [0.29, 0.717) is 24.6 Å². The van der Waals surface area contributed by atoms with Crippen LogP contribution < -0.4 is 4.72 Å². The van der Waals surface area contributed by atoms with Crippen LogP contribution in [0.15, 0.2) is 59.5 Å². The maximum absolute atomic E-state index is 12.8. The molecule has 0 unspecified atom stereocenters. The van der Waals surface area contributed by atoms with E-state index < -0.39 is 10.0 Å². The number of ketones is 1. The number of amides is 1. The molecule has 148 valence electrons. The van der Waals surface area contributed by atoms with Gasteiger partial charge >= 0.3 is 0 Å². The van der Waals surface area contributed by atoms with Crippen molar-refractivity contribution >= 4 is 21.7 Å². The van der Waals surface area contributed by atoms with Crippen molar-refractivity contribution in [3.05, 3.63) is 65.7 Å². The van der Waals surface area contributed by atoms with Crippen LogP contribution in [0.2, 0.25) is 0 Å². The molecule has 1 N–H and O–H groups in total. The van der Waals surface area contributed by atoms with E-state index in [2.05, 4.69) is 11.6 Å². The van der Waals surface area contributed by atoms with E-state index in [-0.39, 0.29) is 28.7 Å². The summed E-state index contributed by atoms with van der Waals surface area (Å²) in [5.41, 5.74) is 0.490. The number of hydrogen-bond donors (Lipinski definition) is 1. The highest BCUT2D eigenvalue weighted by atomic mass is 32.2. The van der Waals surface area contributed by atoms with Gasteiger partial charge in [0.15, 0.2) is 5.78 Å². The first kappa shape index (κ1) is 20.2. The molecular formula is C21H24N2O4S. The molecule has 1 heterocycles. The number of nitrogens with zero attached hydrogens (tertiary/aromatic N) is 1. The molecule has 1 aliphatic heterocycles. The number of carbonyl (C=O) groups is 2. The van der Waals surface area contributed by atoms with Gasteiger partial charge in [0.05, 0.1) is 11.4 Å². The van der Waals surface area contributed by atoms with Crippen molar-refractivity contribution in [1.29, 1.82) is 0 Å². The molecule has 0 aliphatic carbocycles. The molecule has 1 aliphatic rings. The van der Waals surface area contributed by atoms with Crippen molar-refractivity contribution in [1.82, 2.24) is 9.62 Å². The second-order valence-corrected chi connectivity index (χ2v) is 8.81. The maximum atomic E-state index is 12.8. The molecule has 7 heteroatoms. The summed E-state index contributed by atoms with van der Waals surface area (Å²) in [6.07, 6.45) is 1.85. The molecule has 6 nitrogen and oxygen atoms in total. The third kappa shape index (κ3) is 4.66. The van der Waals surface area contributed by atoms with Gasteiger partial charge in [0, 0.05) is 24.2 Å². The van der Waals surface area contributed by atoms with Crippen LogP contribution >= 0.6 is 0 Å². The van der Waals surface area contributed by atoms with Crippen LogP contribution in [-0.2, 0) is 14.8 Å². The van der Waals surface area contributed by atoms with Gasteiger partial charge in [-0.3, -0.25) is 9.59 Å². The van der Waals surface area contributed by atoms with Gasteiger partial charge in [-0.15, -0.1) is 0 Å². The van der Waals surface area contributed by atoms with E-state index in [1.807, 2.05) is 0 Å². The summed E-state index contributed by atoms with van der Waals surface area (Å²) >= 11 is 0. The number of nitrogens with one attached hydrogen (secondary N) is 1. The van der Waals surface area contributed by atoms with Crippen molar-refractivity contribution in [2.24, 2.45) is 5.92 Å². The second-order valence-electron chi connectivity index (χ2n) is 7.08. The Labute approximate surface area is 165 Å². The lowest BCUT2D eigenvalue weighted by Gasteiger charge is -2.30. The number of hydrogen-bond acceptors (Lipinski definition) is 4. The van der Waals surface area contributed by atoms with Crippen molar-refractivity contribution in [2.75, 3.05) is 19.6 Å². The molecule has 2 aromatic rings. The first-order valence-corrected chi connectivity index (χ1v) is 10.8. The molecule has 3 rings (SSSR count). The summed E-state index contributed by atoms with van der Waals surface area (Å²) in [5, 5.41) is 0. The second kappa shape index (κ2) is 8.67. The van der Waals surface area contributed by atoms with Crippen molar-refractivity contribution < 1.29 is 18.0 Å². The van der Waals surface area contributed by atoms with Crippen molar-refractivity contribution in [3.8, 4) is 0 Å². The number of piperidine rings is 1. The third-order valence-corrected chi connectivity index (χ3v) is 6.47. The highest BCUT2D eigenvalue weighted by Crippen LogP contribution is 2.20. The zero-order chi connectivity index (χ0) is 20.1. The number of benzene rings is 2. The van der Waals surface area contributed by atoms with E-state index in [4.69, 9.17) is 0 Å². The highest BCUT2D eigenvalue weighted by Gasteiger charge is 2.25. The zero-order valence-electron chi connectivity index (χ0n) is 15.8. The molecule has 1 amide bonds. The summed E-state index contributed by atoms with van der Waals surface area (Å²) in [6.45, 7) is 3.12. The van der Waals surface area contributed by atoms with Crippen molar-refractivity contribution in [2.45, 2.75) is 24.7 Å². The molecule has 2 aromatic carbocycles. The summed E-state index contributed by atoms with van der Waals surface area (Å²) < 4.78 is 27.9. The summed E-state index contributed by atoms with van der Waals surface area (Å²) in [6, 6.07) is 14.6. The molecule has 1 fully saturated rings. The van der Waals surface area contributed by atoms with Gasteiger partial charge in [0.1, 0.15) is 0 Å². The smallest absolute Gasteiger partial charge is 0.241 e. The van der Waals surface area contributed by atoms with Gasteiger partial charge in [0.2, 0.25) is 15.9 Å². The van der Waals surface area contributed by atoms with Crippen LogP contribution in [0.5, 0.6) is 0 Å². The molecule has 0 atom stereocenters. The average molecular weight is 401 g/mol. The van der Waals surface area contributed by atoms with Crippen LogP contribution in [0.4, 0.5) is 0 Å². The largest absolute Gasteiger partial charge is 0.342 e. The fraction of sp³-hybridized carbons (Fsp3) is 0.333. The Hall–Kier alpha value is -2.51. The minimum Gasteiger partial charge on any atom is -0.342 e. The summed E-state index contributed by atoms with van der Waals surface area (Å²) in [5.74, 6) is -0.0446. The minimum absolute atomic E-state index is 0.0837. The molecule has 0 bridgehead atoms. The number of rotatable bonds is 6. The lowest BCUT2D eigenvalue weighted by Crippen LogP contribution is -2.43. The first-order valence-electron chi connectivity index (χ1n) is 9.34. The number of likely N-dealkylation sites (tertiary alicyclic amines) is 1. The average Bonchev–Trinajstić information content (AvgIpc) is 2.72. The number of sulfonamides is 1. The molecule has 0 aromatic heterocycles. The third-order valence-electron chi connectivity index (χ3n) is 5.01. The van der Waals surface area contributed by atoms with Crippen molar-refractivity contribution in [3.63, 3.8) is 0 Å². The Bertz CT molecular complexity index is 949. The van der Waals surface area contributed by atoms with Gasteiger partial charge in [-0.25, -0.2) is 13.1 Å². The lowest BCUT2D eigenvalue weighted by molar-refractivity contribution is -0.131. The molecule has 0 saturated carbocycles. The van der Waals surface area contributed by atoms with E-state index >= 15 is 0 Å². The topological polar surface area (TPSA) is 83.6 Å². The van der Waals surface area contributed by atoms with Crippen LogP contribution in [0, 0.1) is 5.92 Å². The molecule has 28 heavy (non-hydrogen) atoms. The Balaban J connectivity index is 1.75. The van der Waals surface area contributed by atoms with E-state index in [9.17, 15) is 18.0 Å². The van der Waals surface area contributed by atoms with E-state index in [1.54, 1.807) is 47.4 Å². The minimum atomic E-state index is -4.01. The molecule has 0 spiro atoms. The van der Waals surface area contributed by atoms with E-state index in [0.717, 1.165) is 12.8 Å². The van der Waals surface area contributed by atoms with Crippen LogP contribution in [0.1, 0.15) is 35.7 Å². The predicted octanol–water partition coefficient (Wildman–Crippen LogP) is 2.45. The van der Waals surface area contributed by atoms with Gasteiger partial charge < -0.3 is 4.90 Å². The first-order chi connectivity index (χ1) is 13.4. The van der Waals surface area contributed by atoms with Crippen LogP contribution in [-0.4, -0.2) is 44.6 Å². The van der Waals surface area contributed by atoms with Crippen LogP contribution in [0.3, 0.4) is 0 Å². The Kier molecular flexibility index (Phi) is 6.26. The number of carbonyl (C=O) groups excluding carboxylic acids is 2. The van der Waals surface area contributed by atoms with Gasteiger partial charge in [-0.05, 0) is 30.9 Å². The SMILES string of the molecule is CC1CCN(C(=O)CNS(=O)(=O)c2ccccc2C(=O)c2ccccc2)CC1. The Morgan fingerprint density at radius 1 is 1.00 bits per heavy atom. The van der Waals surface area contributed by atoms with Crippen LogP contribution in [0.25, 0.3) is 0 Å². The Morgan fingerprint density at radius 3 is 2.29 bits per heavy atom. The molecule has 1 saturated heterocycles. The quantitative estimate of drug-likeness (QED) is 0.755.